The van der Waals surface area contributed by atoms with Crippen molar-refractivity contribution >= 4 is 39.4 Å². The predicted octanol–water partition coefficient (Wildman–Crippen LogP) is 2.17. The number of aliphatic carboxylic acids is 1. The van der Waals surface area contributed by atoms with Crippen LogP contribution in [0.2, 0.25) is 5.02 Å². The zero-order valence-corrected chi connectivity index (χ0v) is 12.1. The maximum Gasteiger partial charge on any atom is 0.323 e. The summed E-state index contributed by atoms with van der Waals surface area (Å²) in [5.41, 5.74) is 0. The van der Waals surface area contributed by atoms with Gasteiger partial charge < -0.3 is 14.7 Å². The first-order valence-corrected chi connectivity index (χ1v) is 6.77. The number of likely N-dealkylation sites (tertiary alicyclic amines) is 1. The molecule has 0 saturated carbocycles. The number of hydrogen-bond acceptors (Lipinski definition) is 3. The minimum atomic E-state index is -1.03. The van der Waals surface area contributed by atoms with Gasteiger partial charge in [0.1, 0.15) is 12.3 Å². The van der Waals surface area contributed by atoms with E-state index < -0.39 is 12.1 Å². The van der Waals surface area contributed by atoms with E-state index in [0.29, 0.717) is 23.7 Å². The zero-order chi connectivity index (χ0) is 14.0. The summed E-state index contributed by atoms with van der Waals surface area (Å²) in [6, 6.07) is 5.10. The fourth-order valence-corrected chi connectivity index (χ4v) is 2.58. The lowest BCUT2D eigenvalue weighted by Crippen LogP contribution is -2.35. The molecular weight excluding hydrogens is 337 g/mol. The van der Waals surface area contributed by atoms with Crippen LogP contribution in [0.5, 0.6) is 5.75 Å². The van der Waals surface area contributed by atoms with Gasteiger partial charge in [-0.15, -0.1) is 0 Å². The first-order valence-electron chi connectivity index (χ1n) is 5.59. The number of carboxylic acids is 1. The van der Waals surface area contributed by atoms with Crippen LogP contribution in [0, 0.1) is 0 Å². The summed E-state index contributed by atoms with van der Waals surface area (Å²) in [5.74, 6) is -0.933. The molecule has 0 spiro atoms. The summed E-state index contributed by atoms with van der Waals surface area (Å²) in [5, 5.41) is 9.08. The molecule has 1 atom stereocenters. The van der Waals surface area contributed by atoms with E-state index in [0.717, 1.165) is 4.47 Å². The van der Waals surface area contributed by atoms with E-state index in [4.69, 9.17) is 21.4 Å². The Hall–Kier alpha value is -1.27. The monoisotopic (exact) mass is 347 g/mol. The minimum absolute atomic E-state index is 0.299. The quantitative estimate of drug-likeness (QED) is 0.905. The van der Waals surface area contributed by atoms with E-state index in [-0.39, 0.29) is 12.5 Å². The number of carbonyl (C=O) groups excluding carboxylic acids is 1. The van der Waals surface area contributed by atoms with Crippen molar-refractivity contribution in [2.45, 2.75) is 12.5 Å². The normalized spacial score (nSPS) is 18.7. The van der Waals surface area contributed by atoms with Crippen LogP contribution in [-0.2, 0) is 9.59 Å². The Labute approximate surface area is 123 Å². The van der Waals surface area contributed by atoms with Crippen LogP contribution in [0.3, 0.4) is 0 Å². The molecule has 1 aliphatic rings. The molecule has 19 heavy (non-hydrogen) atoms. The van der Waals surface area contributed by atoms with Gasteiger partial charge in [-0.05, 0) is 18.2 Å². The summed E-state index contributed by atoms with van der Waals surface area (Å²) < 4.78 is 6.36. The number of nitrogens with zero attached hydrogens (tertiary/aromatic N) is 1. The number of rotatable bonds is 4. The number of benzene rings is 1. The van der Waals surface area contributed by atoms with Crippen LogP contribution in [0.1, 0.15) is 6.42 Å². The summed E-state index contributed by atoms with van der Waals surface area (Å²) >= 11 is 9.28. The van der Waals surface area contributed by atoms with Gasteiger partial charge in [-0.2, -0.15) is 0 Å². The molecule has 1 fully saturated rings. The minimum Gasteiger partial charge on any atom is -0.480 e. The third-order valence-electron chi connectivity index (χ3n) is 2.74. The first kappa shape index (κ1) is 14.1. The van der Waals surface area contributed by atoms with Gasteiger partial charge in [0.05, 0.1) is 5.02 Å². The summed E-state index contributed by atoms with van der Waals surface area (Å²) in [6.07, 6.45) is -0.212. The Morgan fingerprint density at radius 1 is 1.58 bits per heavy atom. The van der Waals surface area contributed by atoms with Crippen molar-refractivity contribution < 1.29 is 19.4 Å². The molecule has 5 nitrogen and oxygen atoms in total. The van der Waals surface area contributed by atoms with Crippen molar-refractivity contribution in [3.05, 3.63) is 27.7 Å². The molecular formula is C12H11BrClNO4. The SMILES string of the molecule is O=C(O)CN1CCC(Oc2ccc(Br)cc2Cl)C1=O. The molecule has 102 valence electrons. The largest absolute Gasteiger partial charge is 0.480 e. The van der Waals surface area contributed by atoms with Gasteiger partial charge in [-0.3, -0.25) is 9.59 Å². The third-order valence-corrected chi connectivity index (χ3v) is 3.53. The second-order valence-electron chi connectivity index (χ2n) is 4.12. The van der Waals surface area contributed by atoms with Crippen LogP contribution in [-0.4, -0.2) is 41.1 Å². The molecule has 1 aromatic rings. The zero-order valence-electron chi connectivity index (χ0n) is 9.81. The van der Waals surface area contributed by atoms with Gasteiger partial charge >= 0.3 is 5.97 Å². The van der Waals surface area contributed by atoms with Gasteiger partial charge in [0.15, 0.2) is 6.10 Å². The lowest BCUT2D eigenvalue weighted by Gasteiger charge is -2.15. The molecule has 0 radical (unpaired) electrons. The molecule has 1 saturated heterocycles. The highest BCUT2D eigenvalue weighted by Gasteiger charge is 2.34. The molecule has 1 heterocycles. The van der Waals surface area contributed by atoms with Crippen LogP contribution in [0.4, 0.5) is 0 Å². The van der Waals surface area contributed by atoms with Crippen molar-refractivity contribution in [1.82, 2.24) is 4.90 Å². The molecule has 1 amide bonds. The highest BCUT2D eigenvalue weighted by atomic mass is 79.9. The number of carbonyl (C=O) groups is 2. The Balaban J connectivity index is 2.04. The number of ether oxygens (including phenoxy) is 1. The van der Waals surface area contributed by atoms with Crippen molar-refractivity contribution in [2.75, 3.05) is 13.1 Å². The van der Waals surface area contributed by atoms with Crippen LogP contribution in [0.25, 0.3) is 0 Å². The Morgan fingerprint density at radius 2 is 2.32 bits per heavy atom. The highest BCUT2D eigenvalue weighted by Crippen LogP contribution is 2.30. The number of carboxylic acid groups (broad SMARTS) is 1. The van der Waals surface area contributed by atoms with Crippen molar-refractivity contribution in [3.63, 3.8) is 0 Å². The maximum absolute atomic E-state index is 11.9. The lowest BCUT2D eigenvalue weighted by atomic mass is 10.3. The molecule has 1 aromatic carbocycles. The van der Waals surface area contributed by atoms with Gasteiger partial charge in [0.25, 0.3) is 5.91 Å². The number of halogens is 2. The van der Waals surface area contributed by atoms with Gasteiger partial charge in [0, 0.05) is 17.4 Å². The van der Waals surface area contributed by atoms with Crippen molar-refractivity contribution in [1.29, 1.82) is 0 Å². The van der Waals surface area contributed by atoms with Crippen LogP contribution in [0.15, 0.2) is 22.7 Å². The van der Waals surface area contributed by atoms with E-state index in [9.17, 15) is 9.59 Å². The summed E-state index contributed by atoms with van der Waals surface area (Å²) in [4.78, 5) is 23.8. The number of hydrogen-bond donors (Lipinski definition) is 1. The Morgan fingerprint density at radius 3 is 2.95 bits per heavy atom. The van der Waals surface area contributed by atoms with Crippen LogP contribution >= 0.6 is 27.5 Å². The predicted molar refractivity (Wildman–Crippen MR) is 72.4 cm³/mol. The van der Waals surface area contributed by atoms with E-state index in [2.05, 4.69) is 15.9 Å². The molecule has 1 N–H and O–H groups in total. The Kier molecular flexibility index (Phi) is 4.31. The molecule has 7 heteroatoms. The molecule has 0 aromatic heterocycles. The van der Waals surface area contributed by atoms with E-state index >= 15 is 0 Å². The van der Waals surface area contributed by atoms with Gasteiger partial charge in [-0.1, -0.05) is 27.5 Å². The fraction of sp³-hybridized carbons (Fsp3) is 0.333. The van der Waals surface area contributed by atoms with Gasteiger partial charge in [-0.25, -0.2) is 0 Å². The van der Waals surface area contributed by atoms with Crippen molar-refractivity contribution in [2.24, 2.45) is 0 Å². The molecule has 1 aliphatic heterocycles. The van der Waals surface area contributed by atoms with E-state index in [1.165, 1.54) is 4.90 Å². The second-order valence-corrected chi connectivity index (χ2v) is 5.45. The van der Waals surface area contributed by atoms with Crippen molar-refractivity contribution in [3.8, 4) is 5.75 Å². The fourth-order valence-electron chi connectivity index (χ4n) is 1.86. The van der Waals surface area contributed by atoms with E-state index in [1.807, 2.05) is 0 Å². The summed E-state index contributed by atoms with van der Waals surface area (Å²) in [6.45, 7) is 0.0801. The maximum atomic E-state index is 11.9. The second kappa shape index (κ2) is 5.79. The topological polar surface area (TPSA) is 66.8 Å². The smallest absolute Gasteiger partial charge is 0.323 e. The lowest BCUT2D eigenvalue weighted by molar-refractivity contribution is -0.144. The first-order chi connectivity index (χ1) is 8.97. The molecule has 1 unspecified atom stereocenters. The third kappa shape index (κ3) is 3.39. The summed E-state index contributed by atoms with van der Waals surface area (Å²) in [7, 11) is 0. The highest BCUT2D eigenvalue weighted by molar-refractivity contribution is 9.10. The average molecular weight is 349 g/mol. The number of amides is 1. The molecule has 2 rings (SSSR count). The average Bonchev–Trinajstić information content (AvgIpc) is 2.64. The molecule has 0 aliphatic carbocycles. The standard InChI is InChI=1S/C12H11BrClNO4/c13-7-1-2-9(8(14)5-7)19-10-3-4-15(12(10)18)6-11(16)17/h1-2,5,10H,3-4,6H2,(H,16,17). The van der Waals surface area contributed by atoms with Gasteiger partial charge in [0.2, 0.25) is 0 Å². The van der Waals surface area contributed by atoms with Crippen LogP contribution < -0.4 is 4.74 Å². The molecule has 0 bridgehead atoms. The van der Waals surface area contributed by atoms with E-state index in [1.54, 1.807) is 18.2 Å². The Bertz CT molecular complexity index is 522.